The second-order valence-corrected chi connectivity index (χ2v) is 3.96. The number of benzene rings is 1. The molecule has 0 unspecified atom stereocenters. The number of nitrogens with two attached hydrogens (primary N) is 1. The quantitative estimate of drug-likeness (QED) is 0.772. The molecule has 0 amide bonds. The molecule has 3 N–H and O–H groups in total. The van der Waals surface area contributed by atoms with Gasteiger partial charge >= 0.3 is 0 Å². The van der Waals surface area contributed by atoms with E-state index in [4.69, 9.17) is 5.73 Å². The zero-order valence-electron chi connectivity index (χ0n) is 10.1. The number of para-hydroxylation sites is 1. The Morgan fingerprint density at radius 3 is 2.76 bits per heavy atom. The van der Waals surface area contributed by atoms with E-state index >= 15 is 0 Å². The topological polar surface area (TPSA) is 55.9 Å². The van der Waals surface area contributed by atoms with E-state index in [0.29, 0.717) is 6.54 Å². The predicted molar refractivity (Wildman–Crippen MR) is 70.5 cm³/mol. The lowest BCUT2D eigenvalue weighted by atomic mass is 10.3. The van der Waals surface area contributed by atoms with E-state index in [1.165, 1.54) is 0 Å². The summed E-state index contributed by atoms with van der Waals surface area (Å²) in [6.07, 6.45) is 2.83. The van der Waals surface area contributed by atoms with Gasteiger partial charge in [0.05, 0.1) is 23.3 Å². The molecule has 0 aliphatic carbocycles. The lowest BCUT2D eigenvalue weighted by Crippen LogP contribution is -2.09. The molecular formula is C13H18N4. The summed E-state index contributed by atoms with van der Waals surface area (Å²) in [5.41, 5.74) is 8.74. The minimum Gasteiger partial charge on any atom is -0.382 e. The molecule has 0 aliphatic rings. The van der Waals surface area contributed by atoms with Crippen LogP contribution in [-0.2, 0) is 0 Å². The third kappa shape index (κ3) is 2.65. The molecule has 0 radical (unpaired) electrons. The van der Waals surface area contributed by atoms with Crippen LogP contribution >= 0.6 is 0 Å². The number of hydrogen-bond acceptors (Lipinski definition) is 3. The molecule has 2 aromatic rings. The van der Waals surface area contributed by atoms with E-state index in [9.17, 15) is 0 Å². The Labute approximate surface area is 101 Å². The molecule has 0 fully saturated rings. The molecule has 17 heavy (non-hydrogen) atoms. The first-order chi connectivity index (χ1) is 8.33. The maximum atomic E-state index is 5.47. The van der Waals surface area contributed by atoms with Crippen LogP contribution in [0.5, 0.6) is 0 Å². The van der Waals surface area contributed by atoms with Crippen molar-refractivity contribution in [1.29, 1.82) is 0 Å². The van der Waals surface area contributed by atoms with Crippen LogP contribution in [0, 0.1) is 6.92 Å². The highest BCUT2D eigenvalue weighted by atomic mass is 15.3. The van der Waals surface area contributed by atoms with Crippen LogP contribution in [-0.4, -0.2) is 22.9 Å². The molecule has 0 saturated carbocycles. The van der Waals surface area contributed by atoms with Crippen molar-refractivity contribution in [2.45, 2.75) is 13.3 Å². The van der Waals surface area contributed by atoms with Crippen LogP contribution in [0.1, 0.15) is 12.1 Å². The summed E-state index contributed by atoms with van der Waals surface area (Å²) in [5.74, 6) is 0. The van der Waals surface area contributed by atoms with Crippen molar-refractivity contribution < 1.29 is 0 Å². The third-order valence-corrected chi connectivity index (χ3v) is 2.71. The highest BCUT2D eigenvalue weighted by Gasteiger charge is 2.06. The second-order valence-electron chi connectivity index (χ2n) is 3.96. The van der Waals surface area contributed by atoms with Gasteiger partial charge in [0.25, 0.3) is 0 Å². The van der Waals surface area contributed by atoms with Crippen molar-refractivity contribution in [3.8, 4) is 5.69 Å². The first-order valence-electron chi connectivity index (χ1n) is 5.87. The van der Waals surface area contributed by atoms with E-state index in [0.717, 1.165) is 30.0 Å². The van der Waals surface area contributed by atoms with E-state index in [-0.39, 0.29) is 0 Å². The largest absolute Gasteiger partial charge is 0.382 e. The number of nitrogens with zero attached hydrogens (tertiary/aromatic N) is 2. The summed E-state index contributed by atoms with van der Waals surface area (Å²) < 4.78 is 1.94. The van der Waals surface area contributed by atoms with Gasteiger partial charge in [-0.3, -0.25) is 0 Å². The van der Waals surface area contributed by atoms with Gasteiger partial charge in [0, 0.05) is 6.54 Å². The summed E-state index contributed by atoms with van der Waals surface area (Å²) in [7, 11) is 0. The van der Waals surface area contributed by atoms with Crippen LogP contribution < -0.4 is 11.1 Å². The zero-order chi connectivity index (χ0) is 12.1. The number of hydrogen-bond donors (Lipinski definition) is 2. The Kier molecular flexibility index (Phi) is 3.77. The van der Waals surface area contributed by atoms with Crippen molar-refractivity contribution >= 4 is 5.69 Å². The van der Waals surface area contributed by atoms with Gasteiger partial charge in [-0.1, -0.05) is 18.2 Å². The van der Waals surface area contributed by atoms with Gasteiger partial charge in [-0.25, -0.2) is 4.68 Å². The highest BCUT2D eigenvalue weighted by molar-refractivity contribution is 5.49. The van der Waals surface area contributed by atoms with Crippen molar-refractivity contribution in [3.63, 3.8) is 0 Å². The van der Waals surface area contributed by atoms with Crippen molar-refractivity contribution in [2.24, 2.45) is 5.73 Å². The average molecular weight is 230 g/mol. The molecule has 0 saturated heterocycles. The number of rotatable bonds is 5. The van der Waals surface area contributed by atoms with E-state index in [2.05, 4.69) is 17.3 Å². The van der Waals surface area contributed by atoms with Gasteiger partial charge in [0.15, 0.2) is 0 Å². The minimum atomic E-state index is 0.707. The van der Waals surface area contributed by atoms with E-state index < -0.39 is 0 Å². The molecule has 4 nitrogen and oxygen atoms in total. The fraction of sp³-hybridized carbons (Fsp3) is 0.308. The van der Waals surface area contributed by atoms with E-state index in [1.807, 2.05) is 41.2 Å². The fourth-order valence-electron chi connectivity index (χ4n) is 1.74. The average Bonchev–Trinajstić information content (AvgIpc) is 2.73. The Bertz CT molecular complexity index is 462. The molecule has 2 rings (SSSR count). The van der Waals surface area contributed by atoms with Crippen LogP contribution in [0.3, 0.4) is 0 Å². The van der Waals surface area contributed by atoms with Gasteiger partial charge in [0.2, 0.25) is 0 Å². The number of aromatic nitrogens is 2. The van der Waals surface area contributed by atoms with Gasteiger partial charge in [-0.15, -0.1) is 0 Å². The lowest BCUT2D eigenvalue weighted by Gasteiger charge is -2.06. The standard InChI is InChI=1S/C13H18N4/c1-11-13(15-9-5-8-14)10-16-17(11)12-6-3-2-4-7-12/h2-4,6-7,10,15H,5,8-9,14H2,1H3. The lowest BCUT2D eigenvalue weighted by molar-refractivity contribution is 0.845. The van der Waals surface area contributed by atoms with Gasteiger partial charge in [-0.05, 0) is 32.0 Å². The second kappa shape index (κ2) is 5.50. The zero-order valence-corrected chi connectivity index (χ0v) is 10.1. The highest BCUT2D eigenvalue weighted by Crippen LogP contribution is 2.17. The molecule has 4 heteroatoms. The molecular weight excluding hydrogens is 212 g/mol. The smallest absolute Gasteiger partial charge is 0.0761 e. The van der Waals surface area contributed by atoms with Crippen LogP contribution in [0.25, 0.3) is 5.69 Å². The molecule has 0 spiro atoms. The minimum absolute atomic E-state index is 0.707. The normalized spacial score (nSPS) is 10.5. The van der Waals surface area contributed by atoms with Gasteiger partial charge in [0.1, 0.15) is 0 Å². The number of nitrogens with one attached hydrogen (secondary N) is 1. The Hall–Kier alpha value is -1.81. The Balaban J connectivity index is 2.15. The molecule has 0 aliphatic heterocycles. The maximum Gasteiger partial charge on any atom is 0.0761 e. The van der Waals surface area contributed by atoms with Crippen molar-refractivity contribution in [2.75, 3.05) is 18.4 Å². The number of anilines is 1. The summed E-state index contributed by atoms with van der Waals surface area (Å²) in [5, 5.41) is 7.73. The molecule has 1 aromatic carbocycles. The van der Waals surface area contributed by atoms with Crippen LogP contribution in [0.15, 0.2) is 36.5 Å². The first kappa shape index (κ1) is 11.7. The van der Waals surface area contributed by atoms with Crippen molar-refractivity contribution in [1.82, 2.24) is 9.78 Å². The summed E-state index contributed by atoms with van der Waals surface area (Å²) in [4.78, 5) is 0. The van der Waals surface area contributed by atoms with Crippen molar-refractivity contribution in [3.05, 3.63) is 42.2 Å². The maximum absolute atomic E-state index is 5.47. The van der Waals surface area contributed by atoms with Crippen LogP contribution in [0.2, 0.25) is 0 Å². The molecule has 1 aromatic heterocycles. The van der Waals surface area contributed by atoms with E-state index in [1.54, 1.807) is 0 Å². The van der Waals surface area contributed by atoms with Crippen LogP contribution in [0.4, 0.5) is 5.69 Å². The molecule has 0 atom stereocenters. The predicted octanol–water partition coefficient (Wildman–Crippen LogP) is 1.94. The molecule has 0 bridgehead atoms. The monoisotopic (exact) mass is 230 g/mol. The Morgan fingerprint density at radius 2 is 2.06 bits per heavy atom. The summed E-state index contributed by atoms with van der Waals surface area (Å²) in [6.45, 7) is 3.65. The summed E-state index contributed by atoms with van der Waals surface area (Å²) in [6, 6.07) is 10.1. The summed E-state index contributed by atoms with van der Waals surface area (Å²) >= 11 is 0. The molecule has 90 valence electrons. The SMILES string of the molecule is Cc1c(NCCCN)cnn1-c1ccccc1. The van der Waals surface area contributed by atoms with Gasteiger partial charge in [-0.2, -0.15) is 5.10 Å². The third-order valence-electron chi connectivity index (χ3n) is 2.71. The fourth-order valence-corrected chi connectivity index (χ4v) is 1.74. The molecule has 1 heterocycles. The Morgan fingerprint density at radius 1 is 1.29 bits per heavy atom. The van der Waals surface area contributed by atoms with Gasteiger partial charge < -0.3 is 11.1 Å². The first-order valence-corrected chi connectivity index (χ1v) is 5.87.